The molecule has 1 aromatic rings. The fraction of sp³-hybridized carbons (Fsp3) is 0.600. The van der Waals surface area contributed by atoms with Gasteiger partial charge in [0.1, 0.15) is 12.7 Å². The molecule has 56 valence electrons. The van der Waals surface area contributed by atoms with Gasteiger partial charge in [-0.25, -0.2) is 4.98 Å². The second kappa shape index (κ2) is 3.58. The third-order valence-corrected chi connectivity index (χ3v) is 1.50. The fourth-order valence-electron chi connectivity index (χ4n) is 0.601. The predicted molar refractivity (Wildman–Crippen MR) is 39.9 cm³/mol. The van der Waals surface area contributed by atoms with Crippen LogP contribution in [0.4, 0.5) is 0 Å². The predicted octanol–water partition coefficient (Wildman–Crippen LogP) is -0.431. The van der Waals surface area contributed by atoms with Crippen molar-refractivity contribution in [3.63, 3.8) is 0 Å². The Balaban J connectivity index is 2.40. The van der Waals surface area contributed by atoms with Crippen molar-refractivity contribution in [1.82, 2.24) is 14.8 Å². The Morgan fingerprint density at radius 1 is 1.70 bits per heavy atom. The van der Waals surface area contributed by atoms with Crippen LogP contribution in [0.2, 0.25) is 0 Å². The summed E-state index contributed by atoms with van der Waals surface area (Å²) in [5, 5.41) is 12.9. The van der Waals surface area contributed by atoms with E-state index in [4.69, 9.17) is 5.11 Å². The molecule has 0 radical (unpaired) electrons. The second-order valence-corrected chi connectivity index (χ2v) is 2.32. The molecule has 1 rings (SSSR count). The lowest BCUT2D eigenvalue weighted by molar-refractivity contribution is 0.173. The lowest BCUT2D eigenvalue weighted by atomic mass is 10.4. The van der Waals surface area contributed by atoms with Gasteiger partial charge < -0.3 is 5.11 Å². The maximum atomic E-state index is 9.06. The molecule has 10 heavy (non-hydrogen) atoms. The first-order valence-corrected chi connectivity index (χ1v) is 3.57. The molecular formula is C5H9N3OS. The average Bonchev–Trinajstić information content (AvgIpc) is 2.40. The van der Waals surface area contributed by atoms with Crippen LogP contribution in [-0.2, 0) is 6.54 Å². The van der Waals surface area contributed by atoms with Crippen LogP contribution in [0.5, 0.6) is 0 Å². The Hall–Kier alpha value is -0.550. The normalized spacial score (nSPS) is 13.4. The van der Waals surface area contributed by atoms with Crippen molar-refractivity contribution in [2.24, 2.45) is 0 Å². The Labute approximate surface area is 64.3 Å². The summed E-state index contributed by atoms with van der Waals surface area (Å²) in [4.78, 5) is 3.73. The molecule has 0 amide bonds. The molecule has 0 fully saturated rings. The van der Waals surface area contributed by atoms with Crippen LogP contribution in [0.15, 0.2) is 12.7 Å². The van der Waals surface area contributed by atoms with E-state index in [1.54, 1.807) is 11.0 Å². The number of hydrogen-bond acceptors (Lipinski definition) is 4. The quantitative estimate of drug-likeness (QED) is 0.588. The molecule has 0 aliphatic carbocycles. The summed E-state index contributed by atoms with van der Waals surface area (Å²) >= 11 is 3.92. The lowest BCUT2D eigenvalue weighted by Gasteiger charge is -2.04. The van der Waals surface area contributed by atoms with E-state index in [1.807, 2.05) is 0 Å². The molecule has 0 aliphatic rings. The van der Waals surface area contributed by atoms with E-state index in [-0.39, 0.29) is 0 Å². The molecular weight excluding hydrogens is 150 g/mol. The summed E-state index contributed by atoms with van der Waals surface area (Å²) in [5.74, 6) is 0.444. The third-order valence-electron chi connectivity index (χ3n) is 1.08. The number of hydrogen-bond donors (Lipinski definition) is 2. The van der Waals surface area contributed by atoms with Crippen LogP contribution in [0.1, 0.15) is 0 Å². The molecule has 1 atom stereocenters. The highest BCUT2D eigenvalue weighted by atomic mass is 32.1. The smallest absolute Gasteiger partial charge is 0.137 e. The van der Waals surface area contributed by atoms with Crippen LogP contribution >= 0.6 is 12.6 Å². The molecule has 0 bridgehead atoms. The van der Waals surface area contributed by atoms with Gasteiger partial charge in [0.2, 0.25) is 0 Å². The number of rotatable bonds is 3. The summed E-state index contributed by atoms with van der Waals surface area (Å²) in [6.07, 6.45) is 2.56. The first-order chi connectivity index (χ1) is 4.83. The minimum atomic E-state index is -0.440. The zero-order valence-corrected chi connectivity index (χ0v) is 6.28. The molecule has 1 aromatic heterocycles. The zero-order chi connectivity index (χ0) is 7.40. The van der Waals surface area contributed by atoms with Gasteiger partial charge in [0.15, 0.2) is 0 Å². The Morgan fingerprint density at radius 3 is 3.00 bits per heavy atom. The van der Waals surface area contributed by atoms with Crippen molar-refractivity contribution in [2.45, 2.75) is 12.6 Å². The van der Waals surface area contributed by atoms with Crippen molar-refractivity contribution in [2.75, 3.05) is 5.75 Å². The van der Waals surface area contributed by atoms with E-state index < -0.39 is 6.10 Å². The summed E-state index contributed by atoms with van der Waals surface area (Å²) < 4.78 is 1.57. The number of nitrogens with zero attached hydrogens (tertiary/aromatic N) is 3. The number of aliphatic hydroxyl groups is 1. The molecule has 0 spiro atoms. The first kappa shape index (κ1) is 7.56. The fourth-order valence-corrected chi connectivity index (χ4v) is 0.716. The SMILES string of the molecule is OC(CS)Cn1cncn1. The maximum Gasteiger partial charge on any atom is 0.137 e. The molecule has 1 N–H and O–H groups in total. The third kappa shape index (κ3) is 2.00. The molecule has 0 aliphatic heterocycles. The van der Waals surface area contributed by atoms with E-state index in [9.17, 15) is 0 Å². The molecule has 1 heterocycles. The highest BCUT2D eigenvalue weighted by molar-refractivity contribution is 7.80. The van der Waals surface area contributed by atoms with Crippen molar-refractivity contribution < 1.29 is 5.11 Å². The molecule has 5 heteroatoms. The van der Waals surface area contributed by atoms with Gasteiger partial charge in [0.05, 0.1) is 12.6 Å². The molecule has 1 unspecified atom stereocenters. The van der Waals surface area contributed by atoms with Crippen LogP contribution in [0.25, 0.3) is 0 Å². The lowest BCUT2D eigenvalue weighted by Crippen LogP contribution is -2.17. The van der Waals surface area contributed by atoms with Crippen molar-refractivity contribution in [3.8, 4) is 0 Å². The molecule has 0 aromatic carbocycles. The average molecular weight is 159 g/mol. The highest BCUT2D eigenvalue weighted by Gasteiger charge is 2.01. The summed E-state index contributed by atoms with van der Waals surface area (Å²) in [5.41, 5.74) is 0. The topological polar surface area (TPSA) is 50.9 Å². The van der Waals surface area contributed by atoms with Crippen LogP contribution in [0, 0.1) is 0 Å². The van der Waals surface area contributed by atoms with E-state index in [0.29, 0.717) is 12.3 Å². The van der Waals surface area contributed by atoms with Gasteiger partial charge in [-0.3, -0.25) is 4.68 Å². The Kier molecular flexibility index (Phi) is 2.70. The standard InChI is InChI=1S/C5H9N3OS/c9-5(2-10)1-8-4-6-3-7-8/h3-5,9-10H,1-2H2. The largest absolute Gasteiger partial charge is 0.390 e. The first-order valence-electron chi connectivity index (χ1n) is 2.94. The van der Waals surface area contributed by atoms with E-state index >= 15 is 0 Å². The van der Waals surface area contributed by atoms with Crippen molar-refractivity contribution >= 4 is 12.6 Å². The van der Waals surface area contributed by atoms with Crippen molar-refractivity contribution in [3.05, 3.63) is 12.7 Å². The Morgan fingerprint density at radius 2 is 2.50 bits per heavy atom. The van der Waals surface area contributed by atoms with Crippen LogP contribution in [0.3, 0.4) is 0 Å². The van der Waals surface area contributed by atoms with Gasteiger partial charge in [0, 0.05) is 5.75 Å². The van der Waals surface area contributed by atoms with E-state index in [1.165, 1.54) is 6.33 Å². The van der Waals surface area contributed by atoms with Gasteiger partial charge in [0.25, 0.3) is 0 Å². The summed E-state index contributed by atoms with van der Waals surface area (Å²) in [6, 6.07) is 0. The second-order valence-electron chi connectivity index (χ2n) is 1.95. The maximum absolute atomic E-state index is 9.06. The Bertz CT molecular complexity index is 177. The van der Waals surface area contributed by atoms with Gasteiger partial charge >= 0.3 is 0 Å². The molecule has 0 saturated carbocycles. The molecule has 0 saturated heterocycles. The number of thiol groups is 1. The minimum Gasteiger partial charge on any atom is -0.390 e. The summed E-state index contributed by atoms with van der Waals surface area (Å²) in [6.45, 7) is 0.462. The molecule has 4 nitrogen and oxygen atoms in total. The minimum absolute atomic E-state index is 0.440. The zero-order valence-electron chi connectivity index (χ0n) is 5.38. The van der Waals surface area contributed by atoms with E-state index in [0.717, 1.165) is 0 Å². The van der Waals surface area contributed by atoms with Gasteiger partial charge in [-0.05, 0) is 0 Å². The van der Waals surface area contributed by atoms with Gasteiger partial charge in [-0.2, -0.15) is 17.7 Å². The highest BCUT2D eigenvalue weighted by Crippen LogP contribution is 1.90. The number of aliphatic hydroxyl groups excluding tert-OH is 1. The van der Waals surface area contributed by atoms with Crippen molar-refractivity contribution in [1.29, 1.82) is 0 Å². The monoisotopic (exact) mass is 159 g/mol. The number of aromatic nitrogens is 3. The van der Waals surface area contributed by atoms with Gasteiger partial charge in [-0.15, -0.1) is 0 Å². The summed E-state index contributed by atoms with van der Waals surface area (Å²) in [7, 11) is 0. The van der Waals surface area contributed by atoms with Crippen LogP contribution in [-0.4, -0.2) is 31.7 Å². The van der Waals surface area contributed by atoms with Crippen LogP contribution < -0.4 is 0 Å². The van der Waals surface area contributed by atoms with Gasteiger partial charge in [-0.1, -0.05) is 0 Å². The van der Waals surface area contributed by atoms with E-state index in [2.05, 4.69) is 22.7 Å².